The number of carbonyl (C=O) groups is 3. The third kappa shape index (κ3) is 4.00. The molecule has 1 N–H and O–H groups in total. The Morgan fingerprint density at radius 3 is 2.88 bits per heavy atom. The normalized spacial score (nSPS) is 22.8. The molecule has 1 aromatic rings. The summed E-state index contributed by atoms with van der Waals surface area (Å²) in [6, 6.07) is 7.61. The van der Waals surface area contributed by atoms with Crippen LogP contribution in [0.15, 0.2) is 24.3 Å². The highest BCUT2D eigenvalue weighted by atomic mass is 16.5. The first kappa shape index (κ1) is 17.5. The molecular weight excluding hydrogens is 320 g/mol. The number of fused-ring (bicyclic) bond motifs is 1. The average Bonchev–Trinajstić information content (AvgIpc) is 2.61. The Balaban J connectivity index is 1.65. The zero-order valence-electron chi connectivity index (χ0n) is 14.5. The van der Waals surface area contributed by atoms with E-state index in [9.17, 15) is 14.4 Å². The molecule has 2 unspecified atom stereocenters. The van der Waals surface area contributed by atoms with Crippen LogP contribution in [0.25, 0.3) is 0 Å². The van der Waals surface area contributed by atoms with Crippen LogP contribution >= 0.6 is 0 Å². The molecular formula is C19H24N2O4. The van der Waals surface area contributed by atoms with Gasteiger partial charge in [-0.2, -0.15) is 0 Å². The molecule has 0 spiro atoms. The Hall–Kier alpha value is -2.37. The molecule has 25 heavy (non-hydrogen) atoms. The highest BCUT2D eigenvalue weighted by molar-refractivity contribution is 5.80. The molecule has 2 amide bonds. The Bertz CT molecular complexity index is 673. The highest BCUT2D eigenvalue weighted by Gasteiger charge is 2.31. The van der Waals surface area contributed by atoms with Gasteiger partial charge in [0.2, 0.25) is 11.8 Å². The number of ether oxygens (including phenoxy) is 1. The lowest BCUT2D eigenvalue weighted by Gasteiger charge is -2.36. The summed E-state index contributed by atoms with van der Waals surface area (Å²) in [6.07, 6.45) is 2.56. The summed E-state index contributed by atoms with van der Waals surface area (Å²) in [7, 11) is 0. The number of carbonyl (C=O) groups excluding carboxylic acids is 3. The van der Waals surface area contributed by atoms with Gasteiger partial charge >= 0.3 is 5.97 Å². The zero-order valence-corrected chi connectivity index (χ0v) is 14.5. The third-order valence-corrected chi connectivity index (χ3v) is 5.02. The molecule has 2 aliphatic heterocycles. The van der Waals surface area contributed by atoms with Crippen molar-refractivity contribution in [2.24, 2.45) is 5.92 Å². The molecule has 0 aliphatic carbocycles. The molecule has 0 radical (unpaired) electrons. The molecule has 0 saturated carbocycles. The first-order chi connectivity index (χ1) is 12.1. The highest BCUT2D eigenvalue weighted by Crippen LogP contribution is 2.32. The number of amides is 2. The van der Waals surface area contributed by atoms with Gasteiger partial charge in [-0.15, -0.1) is 0 Å². The van der Waals surface area contributed by atoms with E-state index in [0.717, 1.165) is 24.8 Å². The second-order valence-electron chi connectivity index (χ2n) is 6.69. The number of nitrogens with one attached hydrogen (secondary N) is 1. The minimum atomic E-state index is -0.369. The van der Waals surface area contributed by atoms with E-state index in [1.165, 1.54) is 12.5 Å². The van der Waals surface area contributed by atoms with Crippen molar-refractivity contribution in [1.82, 2.24) is 10.2 Å². The molecule has 2 aliphatic rings. The number of esters is 1. The van der Waals surface area contributed by atoms with E-state index in [4.69, 9.17) is 4.74 Å². The van der Waals surface area contributed by atoms with Gasteiger partial charge in [-0.3, -0.25) is 14.4 Å². The lowest BCUT2D eigenvalue weighted by Crippen LogP contribution is -2.41. The molecule has 1 saturated heterocycles. The van der Waals surface area contributed by atoms with Gasteiger partial charge in [-0.1, -0.05) is 24.3 Å². The smallest absolute Gasteiger partial charge is 0.308 e. The molecule has 134 valence electrons. The van der Waals surface area contributed by atoms with Crippen molar-refractivity contribution in [3.63, 3.8) is 0 Å². The van der Waals surface area contributed by atoms with Crippen molar-refractivity contribution in [2.45, 2.75) is 38.6 Å². The van der Waals surface area contributed by atoms with E-state index in [1.54, 1.807) is 4.90 Å². The average molecular weight is 344 g/mol. The quantitative estimate of drug-likeness (QED) is 0.842. The first-order valence-electron chi connectivity index (χ1n) is 8.84. The van der Waals surface area contributed by atoms with Crippen LogP contribution in [0.4, 0.5) is 0 Å². The van der Waals surface area contributed by atoms with Crippen molar-refractivity contribution >= 4 is 17.8 Å². The fraction of sp³-hybridized carbons (Fsp3) is 0.526. The fourth-order valence-corrected chi connectivity index (χ4v) is 3.65. The SMILES string of the molecule is CC(=O)N1CCc2ccccc2C1CC(=O)OCC1CCCNC1=O. The van der Waals surface area contributed by atoms with Crippen molar-refractivity contribution in [1.29, 1.82) is 0 Å². The topological polar surface area (TPSA) is 75.7 Å². The van der Waals surface area contributed by atoms with Crippen molar-refractivity contribution in [3.8, 4) is 0 Å². The Kier molecular flexibility index (Phi) is 5.36. The summed E-state index contributed by atoms with van der Waals surface area (Å²) < 4.78 is 5.36. The summed E-state index contributed by atoms with van der Waals surface area (Å²) in [6.45, 7) is 2.93. The van der Waals surface area contributed by atoms with Crippen LogP contribution in [0.5, 0.6) is 0 Å². The largest absolute Gasteiger partial charge is 0.465 e. The van der Waals surface area contributed by atoms with Crippen molar-refractivity contribution in [2.75, 3.05) is 19.7 Å². The van der Waals surface area contributed by atoms with Crippen LogP contribution in [-0.4, -0.2) is 42.4 Å². The predicted octanol–water partition coefficient (Wildman–Crippen LogP) is 1.59. The molecule has 0 bridgehead atoms. The molecule has 1 fully saturated rings. The van der Waals surface area contributed by atoms with Gasteiger partial charge in [-0.05, 0) is 30.4 Å². The zero-order chi connectivity index (χ0) is 17.8. The number of nitrogens with zero attached hydrogens (tertiary/aromatic N) is 1. The van der Waals surface area contributed by atoms with E-state index in [2.05, 4.69) is 5.32 Å². The van der Waals surface area contributed by atoms with Crippen LogP contribution in [0, 0.1) is 5.92 Å². The number of piperidine rings is 1. The summed E-state index contributed by atoms with van der Waals surface area (Å²) in [4.78, 5) is 37.8. The molecule has 3 rings (SSSR count). The van der Waals surface area contributed by atoms with Gasteiger partial charge in [0, 0.05) is 20.0 Å². The minimum Gasteiger partial charge on any atom is -0.465 e. The maximum atomic E-state index is 12.3. The lowest BCUT2D eigenvalue weighted by atomic mass is 9.90. The summed E-state index contributed by atoms with van der Waals surface area (Å²) in [5, 5.41) is 2.79. The van der Waals surface area contributed by atoms with Gasteiger partial charge in [0.15, 0.2) is 0 Å². The van der Waals surface area contributed by atoms with E-state index < -0.39 is 0 Å². The van der Waals surface area contributed by atoms with Gasteiger partial charge in [-0.25, -0.2) is 0 Å². The second kappa shape index (κ2) is 7.68. The van der Waals surface area contributed by atoms with Gasteiger partial charge in [0.1, 0.15) is 6.61 Å². The van der Waals surface area contributed by atoms with Gasteiger partial charge in [0.05, 0.1) is 18.4 Å². The first-order valence-corrected chi connectivity index (χ1v) is 8.84. The summed E-state index contributed by atoms with van der Waals surface area (Å²) in [5.74, 6) is -0.724. The van der Waals surface area contributed by atoms with E-state index in [-0.39, 0.29) is 42.8 Å². The summed E-state index contributed by atoms with van der Waals surface area (Å²) in [5.41, 5.74) is 2.18. The Morgan fingerprint density at radius 1 is 1.32 bits per heavy atom. The standard InChI is InChI=1S/C19H24N2O4/c1-13(22)21-10-8-14-5-2-3-7-16(14)17(21)11-18(23)25-12-15-6-4-9-20-19(15)24/h2-3,5,7,15,17H,4,6,8-12H2,1H3,(H,20,24). The molecule has 2 atom stereocenters. The van der Waals surface area contributed by atoms with Crippen molar-refractivity contribution in [3.05, 3.63) is 35.4 Å². The lowest BCUT2D eigenvalue weighted by molar-refractivity contribution is -0.149. The van der Waals surface area contributed by atoms with Gasteiger partial charge in [0.25, 0.3) is 0 Å². The van der Waals surface area contributed by atoms with Crippen molar-refractivity contribution < 1.29 is 19.1 Å². The van der Waals surface area contributed by atoms with Crippen LogP contribution in [-0.2, 0) is 25.5 Å². The monoisotopic (exact) mass is 344 g/mol. The number of hydrogen-bond donors (Lipinski definition) is 1. The minimum absolute atomic E-state index is 0.0426. The molecule has 6 heteroatoms. The van der Waals surface area contributed by atoms with Crippen LogP contribution < -0.4 is 5.32 Å². The Labute approximate surface area is 147 Å². The van der Waals surface area contributed by atoms with Crippen LogP contribution in [0.1, 0.15) is 43.4 Å². The number of hydrogen-bond acceptors (Lipinski definition) is 4. The van der Waals surface area contributed by atoms with E-state index >= 15 is 0 Å². The molecule has 2 heterocycles. The fourth-order valence-electron chi connectivity index (χ4n) is 3.65. The van der Waals surface area contributed by atoms with Crippen LogP contribution in [0.2, 0.25) is 0 Å². The maximum absolute atomic E-state index is 12.3. The maximum Gasteiger partial charge on any atom is 0.308 e. The Morgan fingerprint density at radius 2 is 2.12 bits per heavy atom. The number of rotatable bonds is 4. The van der Waals surface area contributed by atoms with Crippen LogP contribution in [0.3, 0.4) is 0 Å². The molecule has 1 aromatic carbocycles. The predicted molar refractivity (Wildman–Crippen MR) is 91.6 cm³/mol. The molecule has 0 aromatic heterocycles. The van der Waals surface area contributed by atoms with E-state index in [1.807, 2.05) is 24.3 Å². The number of benzene rings is 1. The molecule has 6 nitrogen and oxygen atoms in total. The second-order valence-corrected chi connectivity index (χ2v) is 6.69. The van der Waals surface area contributed by atoms with E-state index in [0.29, 0.717) is 13.1 Å². The third-order valence-electron chi connectivity index (χ3n) is 5.02. The van der Waals surface area contributed by atoms with Gasteiger partial charge < -0.3 is 15.0 Å². The summed E-state index contributed by atoms with van der Waals surface area (Å²) >= 11 is 0.